The van der Waals surface area contributed by atoms with Crippen LogP contribution in [0.3, 0.4) is 0 Å². The molecule has 0 spiro atoms. The Morgan fingerprint density at radius 1 is 1.23 bits per heavy atom. The zero-order valence-corrected chi connectivity index (χ0v) is 18.6. The molecule has 2 aromatic heterocycles. The Labute approximate surface area is 197 Å². The fraction of sp³-hybridized carbons (Fsp3) is 0.348. The Morgan fingerprint density at radius 2 is 1.94 bits per heavy atom. The molecule has 2 atom stereocenters. The number of halogens is 5. The average Bonchev–Trinajstić information content (AvgIpc) is 3.26. The van der Waals surface area contributed by atoms with E-state index in [4.69, 9.17) is 0 Å². The Kier molecular flexibility index (Phi) is 6.75. The van der Waals surface area contributed by atoms with E-state index in [0.29, 0.717) is 5.56 Å². The molecule has 4 rings (SSSR count). The predicted octanol–water partition coefficient (Wildman–Crippen LogP) is 3.33. The van der Waals surface area contributed by atoms with Crippen molar-refractivity contribution in [1.29, 1.82) is 0 Å². The minimum Gasteiger partial charge on any atom is -0.331 e. The molecule has 7 nitrogen and oxygen atoms in total. The number of nitrogens with one attached hydrogen (secondary N) is 1. The predicted molar refractivity (Wildman–Crippen MR) is 113 cm³/mol. The van der Waals surface area contributed by atoms with Gasteiger partial charge in [-0.15, -0.1) is 0 Å². The number of nitrogens with zero attached hydrogens (tertiary/aromatic N) is 4. The second kappa shape index (κ2) is 9.61. The van der Waals surface area contributed by atoms with E-state index < -0.39 is 47.7 Å². The number of alkyl halides is 2. The standard InChI is InChI=1S/C23H22F5N5O2/c1-14(32-9-6-23(27,28)17(11-32)15-4-7-33(35)8-5-15)22(34)30-19-12-31(13-29-19)10-16-2-3-18(24)21(26)20(16)25/h2-5,7-8,12-14,17H,6,9-11H2,1H3,(H-,30,34,35)/p+1/t14-,17+/m0/s1. The van der Waals surface area contributed by atoms with Crippen LogP contribution in [0.15, 0.2) is 49.2 Å². The van der Waals surface area contributed by atoms with Crippen molar-refractivity contribution in [3.63, 3.8) is 0 Å². The topological polar surface area (TPSA) is 74.3 Å². The normalized spacial score (nSPS) is 18.9. The number of likely N-dealkylation sites (tertiary alicyclic amines) is 1. The third-order valence-corrected chi connectivity index (χ3v) is 6.18. The number of carbonyl (C=O) groups excluding carboxylic acids is 1. The number of imidazole rings is 1. The highest BCUT2D eigenvalue weighted by Crippen LogP contribution is 2.40. The largest absolute Gasteiger partial charge is 0.331 e. The van der Waals surface area contributed by atoms with Crippen LogP contribution in [0.5, 0.6) is 0 Å². The van der Waals surface area contributed by atoms with Crippen molar-refractivity contribution in [1.82, 2.24) is 14.5 Å². The number of pyridine rings is 1. The van der Waals surface area contributed by atoms with Gasteiger partial charge in [-0.2, -0.15) is 0 Å². The molecule has 2 N–H and O–H groups in total. The Hall–Kier alpha value is -3.54. The summed E-state index contributed by atoms with van der Waals surface area (Å²) >= 11 is 0. The lowest BCUT2D eigenvalue weighted by Crippen LogP contribution is -2.52. The molecular weight excluding hydrogens is 473 g/mol. The van der Waals surface area contributed by atoms with Crippen LogP contribution in [-0.4, -0.2) is 50.6 Å². The third kappa shape index (κ3) is 5.26. The number of anilines is 1. The van der Waals surface area contributed by atoms with Gasteiger partial charge in [0.1, 0.15) is 0 Å². The second-order valence-electron chi connectivity index (χ2n) is 8.50. The first-order chi connectivity index (χ1) is 16.5. The van der Waals surface area contributed by atoms with E-state index in [0.717, 1.165) is 16.9 Å². The number of carbonyl (C=O) groups is 1. The molecule has 1 fully saturated rings. The first-order valence-corrected chi connectivity index (χ1v) is 10.8. The second-order valence-corrected chi connectivity index (χ2v) is 8.50. The van der Waals surface area contributed by atoms with Gasteiger partial charge in [-0.3, -0.25) is 14.9 Å². The van der Waals surface area contributed by atoms with Crippen LogP contribution in [-0.2, 0) is 11.3 Å². The number of hydrogen-bond acceptors (Lipinski definition) is 4. The summed E-state index contributed by atoms with van der Waals surface area (Å²) in [5.41, 5.74) is 0.251. The Morgan fingerprint density at radius 3 is 2.66 bits per heavy atom. The summed E-state index contributed by atoms with van der Waals surface area (Å²) in [5.74, 6) is -8.62. The molecule has 0 bridgehead atoms. The maximum absolute atomic E-state index is 14.6. The summed E-state index contributed by atoms with van der Waals surface area (Å²) in [6.07, 6.45) is 4.79. The highest BCUT2D eigenvalue weighted by molar-refractivity contribution is 5.93. The van der Waals surface area contributed by atoms with Crippen LogP contribution >= 0.6 is 0 Å². The molecule has 1 aromatic carbocycles. The number of piperidine rings is 1. The van der Waals surface area contributed by atoms with E-state index in [1.165, 1.54) is 41.6 Å². The molecule has 186 valence electrons. The summed E-state index contributed by atoms with van der Waals surface area (Å²) in [5, 5.41) is 12.0. The van der Waals surface area contributed by atoms with Crippen LogP contribution < -0.4 is 10.0 Å². The molecule has 3 heterocycles. The molecule has 1 aliphatic heterocycles. The monoisotopic (exact) mass is 496 g/mol. The SMILES string of the molecule is C[C@@H](C(=O)Nc1cn(Cc2ccc(F)c(F)c2F)cn1)N1CCC(F)(F)[C@@H](c2cc[n+](O)cc2)C1. The van der Waals surface area contributed by atoms with Crippen molar-refractivity contribution in [3.8, 4) is 0 Å². The third-order valence-electron chi connectivity index (χ3n) is 6.18. The molecular formula is C23H23F5N5O2+. The molecule has 0 unspecified atom stereocenters. The lowest BCUT2D eigenvalue weighted by molar-refractivity contribution is -0.904. The van der Waals surface area contributed by atoms with E-state index in [2.05, 4.69) is 10.3 Å². The average molecular weight is 496 g/mol. The first-order valence-electron chi connectivity index (χ1n) is 10.8. The van der Waals surface area contributed by atoms with Crippen LogP contribution in [0, 0.1) is 17.5 Å². The van der Waals surface area contributed by atoms with Crippen molar-refractivity contribution >= 4 is 11.7 Å². The highest BCUT2D eigenvalue weighted by atomic mass is 19.3. The van der Waals surface area contributed by atoms with Gasteiger partial charge in [0.2, 0.25) is 18.3 Å². The van der Waals surface area contributed by atoms with E-state index in [1.807, 2.05) is 0 Å². The highest BCUT2D eigenvalue weighted by Gasteiger charge is 2.46. The van der Waals surface area contributed by atoms with E-state index in [-0.39, 0.29) is 31.0 Å². The van der Waals surface area contributed by atoms with Crippen LogP contribution in [0.1, 0.15) is 30.4 Å². The molecule has 35 heavy (non-hydrogen) atoms. The van der Waals surface area contributed by atoms with Gasteiger partial charge in [0.05, 0.1) is 24.8 Å². The van der Waals surface area contributed by atoms with Crippen LogP contribution in [0.25, 0.3) is 0 Å². The van der Waals surface area contributed by atoms with Gasteiger partial charge in [-0.25, -0.2) is 26.9 Å². The van der Waals surface area contributed by atoms with Crippen molar-refractivity contribution in [3.05, 3.63) is 77.8 Å². The molecule has 0 saturated carbocycles. The van der Waals surface area contributed by atoms with Gasteiger partial charge >= 0.3 is 0 Å². The molecule has 0 aliphatic carbocycles. The number of aromatic nitrogens is 3. The minimum absolute atomic E-state index is 0.00870. The quantitative estimate of drug-likeness (QED) is 0.238. The zero-order chi connectivity index (χ0) is 25.3. The van der Waals surface area contributed by atoms with Crippen molar-refractivity contribution in [2.45, 2.75) is 37.8 Å². The maximum Gasteiger partial charge on any atom is 0.257 e. The lowest BCUT2D eigenvalue weighted by Gasteiger charge is -2.40. The smallest absolute Gasteiger partial charge is 0.257 e. The molecule has 1 saturated heterocycles. The molecule has 0 radical (unpaired) electrons. The van der Waals surface area contributed by atoms with Crippen molar-refractivity contribution < 1.29 is 36.7 Å². The number of benzene rings is 1. The lowest BCUT2D eigenvalue weighted by atomic mass is 9.87. The van der Waals surface area contributed by atoms with Gasteiger partial charge < -0.3 is 9.88 Å². The Bertz CT molecular complexity index is 1220. The van der Waals surface area contributed by atoms with Crippen molar-refractivity contribution in [2.24, 2.45) is 0 Å². The summed E-state index contributed by atoms with van der Waals surface area (Å²) < 4.78 is 71.9. The van der Waals surface area contributed by atoms with Crippen LogP contribution in [0.2, 0.25) is 0 Å². The fourth-order valence-electron chi connectivity index (χ4n) is 4.08. The summed E-state index contributed by atoms with van der Waals surface area (Å²) in [7, 11) is 0. The maximum atomic E-state index is 14.6. The molecule has 3 aromatic rings. The van der Waals surface area contributed by atoms with Gasteiger partial charge in [0, 0.05) is 48.1 Å². The van der Waals surface area contributed by atoms with E-state index in [9.17, 15) is 32.0 Å². The van der Waals surface area contributed by atoms with Crippen molar-refractivity contribution in [2.75, 3.05) is 18.4 Å². The number of rotatable bonds is 6. The molecule has 1 amide bonds. The summed E-state index contributed by atoms with van der Waals surface area (Å²) in [6, 6.07) is 4.00. The molecule has 1 aliphatic rings. The fourth-order valence-corrected chi connectivity index (χ4v) is 4.08. The van der Waals surface area contributed by atoms with Gasteiger partial charge in [0.25, 0.3) is 5.92 Å². The van der Waals surface area contributed by atoms with Crippen LogP contribution in [0.4, 0.5) is 27.8 Å². The number of hydrogen-bond donors (Lipinski definition) is 2. The van der Waals surface area contributed by atoms with Gasteiger partial charge in [0.15, 0.2) is 23.3 Å². The first kappa shape index (κ1) is 24.6. The van der Waals surface area contributed by atoms with Gasteiger partial charge in [-0.05, 0) is 18.6 Å². The zero-order valence-electron chi connectivity index (χ0n) is 18.6. The van der Waals surface area contributed by atoms with E-state index >= 15 is 0 Å². The van der Waals surface area contributed by atoms with E-state index in [1.54, 1.807) is 11.8 Å². The van der Waals surface area contributed by atoms with Gasteiger partial charge in [-0.1, -0.05) is 6.07 Å². The summed E-state index contributed by atoms with van der Waals surface area (Å²) in [4.78, 5) is 18.5. The summed E-state index contributed by atoms with van der Waals surface area (Å²) in [6.45, 7) is 1.39. The Balaban J connectivity index is 1.41. The minimum atomic E-state index is -2.97. The molecule has 12 heteroatoms. The number of amides is 1.